The molecule has 0 atom stereocenters. The molecule has 0 bridgehead atoms. The van der Waals surface area contributed by atoms with Crippen LogP contribution < -0.4 is 5.32 Å². The topological polar surface area (TPSA) is 72.8 Å². The van der Waals surface area contributed by atoms with E-state index >= 15 is 0 Å². The predicted molar refractivity (Wildman–Crippen MR) is 63.6 cm³/mol. The van der Waals surface area contributed by atoms with Crippen LogP contribution in [-0.2, 0) is 0 Å². The summed E-state index contributed by atoms with van der Waals surface area (Å²) < 4.78 is 0. The number of benzene rings is 1. The van der Waals surface area contributed by atoms with Gasteiger partial charge in [-0.15, -0.1) is 0 Å². The van der Waals surface area contributed by atoms with Gasteiger partial charge in [-0.1, -0.05) is 11.6 Å². The number of hydrogen-bond donors (Lipinski definition) is 3. The summed E-state index contributed by atoms with van der Waals surface area (Å²) in [4.78, 5) is 13.7. The third-order valence-corrected chi connectivity index (χ3v) is 3.00. The molecule has 0 aromatic heterocycles. The number of hydrogen-bond acceptors (Lipinski definition) is 4. The number of carbonyl (C=O) groups is 1. The van der Waals surface area contributed by atoms with E-state index in [1.807, 2.05) is 0 Å². The molecule has 0 spiro atoms. The lowest BCUT2D eigenvalue weighted by molar-refractivity contribution is 0.0733. The van der Waals surface area contributed by atoms with Gasteiger partial charge in [0.25, 0.3) is 5.91 Å². The number of amides is 1. The molecule has 1 aromatic rings. The van der Waals surface area contributed by atoms with Crippen LogP contribution in [0.25, 0.3) is 0 Å². The van der Waals surface area contributed by atoms with Crippen LogP contribution >= 0.6 is 11.6 Å². The molecule has 0 unspecified atom stereocenters. The first-order chi connectivity index (χ1) is 8.09. The first-order valence-corrected chi connectivity index (χ1v) is 5.69. The summed E-state index contributed by atoms with van der Waals surface area (Å²) in [7, 11) is 0. The van der Waals surface area contributed by atoms with Crippen molar-refractivity contribution in [1.82, 2.24) is 10.2 Å². The molecule has 17 heavy (non-hydrogen) atoms. The van der Waals surface area contributed by atoms with Gasteiger partial charge in [-0.05, 0) is 6.07 Å². The van der Waals surface area contributed by atoms with Crippen molar-refractivity contribution in [3.05, 3.63) is 22.7 Å². The zero-order valence-electron chi connectivity index (χ0n) is 9.11. The van der Waals surface area contributed by atoms with Crippen LogP contribution in [-0.4, -0.2) is 47.2 Å². The molecular formula is C11H13ClN2O3. The Balaban J connectivity index is 2.26. The molecule has 5 nitrogen and oxygen atoms in total. The minimum absolute atomic E-state index is 0.0567. The number of halogens is 1. The van der Waals surface area contributed by atoms with Crippen LogP contribution in [0, 0.1) is 0 Å². The molecular weight excluding hydrogens is 244 g/mol. The van der Waals surface area contributed by atoms with Gasteiger partial charge >= 0.3 is 0 Å². The first-order valence-electron chi connectivity index (χ1n) is 5.31. The third-order valence-electron chi connectivity index (χ3n) is 2.70. The van der Waals surface area contributed by atoms with Gasteiger partial charge in [0.2, 0.25) is 0 Å². The third kappa shape index (κ3) is 2.45. The van der Waals surface area contributed by atoms with Gasteiger partial charge in [-0.3, -0.25) is 4.79 Å². The number of carbonyl (C=O) groups excluding carboxylic acids is 1. The highest BCUT2D eigenvalue weighted by Gasteiger charge is 2.21. The number of nitrogens with one attached hydrogen (secondary N) is 1. The van der Waals surface area contributed by atoms with Crippen molar-refractivity contribution >= 4 is 17.5 Å². The van der Waals surface area contributed by atoms with Crippen LogP contribution in [0.4, 0.5) is 0 Å². The molecule has 0 aliphatic carbocycles. The largest absolute Gasteiger partial charge is 0.507 e. The molecule has 1 aliphatic rings. The van der Waals surface area contributed by atoms with E-state index in [0.717, 1.165) is 19.2 Å². The Morgan fingerprint density at radius 1 is 1.24 bits per heavy atom. The number of aromatic hydroxyl groups is 2. The number of piperazine rings is 1. The second-order valence-corrected chi connectivity index (χ2v) is 4.27. The minimum Gasteiger partial charge on any atom is -0.507 e. The Morgan fingerprint density at radius 2 is 1.88 bits per heavy atom. The second-order valence-electron chi connectivity index (χ2n) is 3.86. The second kappa shape index (κ2) is 4.81. The molecule has 2 rings (SSSR count). The number of rotatable bonds is 1. The van der Waals surface area contributed by atoms with Crippen molar-refractivity contribution < 1.29 is 15.0 Å². The highest BCUT2D eigenvalue weighted by atomic mass is 35.5. The number of phenols is 2. The van der Waals surface area contributed by atoms with E-state index in [2.05, 4.69) is 5.32 Å². The van der Waals surface area contributed by atoms with Crippen molar-refractivity contribution in [2.75, 3.05) is 26.2 Å². The molecule has 1 aliphatic heterocycles. The van der Waals surface area contributed by atoms with Crippen LogP contribution in [0.2, 0.25) is 5.02 Å². The monoisotopic (exact) mass is 256 g/mol. The van der Waals surface area contributed by atoms with E-state index in [0.29, 0.717) is 13.1 Å². The summed E-state index contributed by atoms with van der Waals surface area (Å²) in [5, 5.41) is 22.1. The van der Waals surface area contributed by atoms with E-state index in [4.69, 9.17) is 11.6 Å². The average Bonchev–Trinajstić information content (AvgIpc) is 2.34. The van der Waals surface area contributed by atoms with Gasteiger partial charge in [0, 0.05) is 32.2 Å². The Morgan fingerprint density at radius 3 is 2.53 bits per heavy atom. The molecule has 1 saturated heterocycles. The Bertz CT molecular complexity index is 445. The fourth-order valence-electron chi connectivity index (χ4n) is 1.76. The molecule has 3 N–H and O–H groups in total. The van der Waals surface area contributed by atoms with Gasteiger partial charge in [-0.25, -0.2) is 0 Å². The maximum Gasteiger partial charge on any atom is 0.257 e. The van der Waals surface area contributed by atoms with Gasteiger partial charge in [0.1, 0.15) is 11.5 Å². The van der Waals surface area contributed by atoms with Crippen molar-refractivity contribution in [3.63, 3.8) is 0 Å². The van der Waals surface area contributed by atoms with E-state index in [1.54, 1.807) is 4.90 Å². The fourth-order valence-corrected chi connectivity index (χ4v) is 1.92. The fraction of sp³-hybridized carbons (Fsp3) is 0.364. The lowest BCUT2D eigenvalue weighted by Crippen LogP contribution is -2.46. The lowest BCUT2D eigenvalue weighted by Gasteiger charge is -2.27. The highest BCUT2D eigenvalue weighted by Crippen LogP contribution is 2.31. The minimum atomic E-state index is -0.272. The lowest BCUT2D eigenvalue weighted by atomic mass is 10.1. The van der Waals surface area contributed by atoms with Crippen LogP contribution in [0.15, 0.2) is 12.1 Å². The summed E-state index contributed by atoms with van der Waals surface area (Å²) in [5.74, 6) is -0.762. The normalized spacial score (nSPS) is 15.9. The van der Waals surface area contributed by atoms with Crippen molar-refractivity contribution in [3.8, 4) is 11.5 Å². The van der Waals surface area contributed by atoms with Gasteiger partial charge in [-0.2, -0.15) is 0 Å². The summed E-state index contributed by atoms with van der Waals surface area (Å²) in [5.41, 5.74) is 0.120. The molecule has 1 heterocycles. The predicted octanol–water partition coefficient (Wildman–Crippen LogP) is 0.797. The summed E-state index contributed by atoms with van der Waals surface area (Å²) in [6.07, 6.45) is 0. The van der Waals surface area contributed by atoms with Gasteiger partial charge < -0.3 is 20.4 Å². The van der Waals surface area contributed by atoms with Crippen LogP contribution in [0.1, 0.15) is 10.4 Å². The molecule has 0 radical (unpaired) electrons. The molecule has 1 amide bonds. The highest BCUT2D eigenvalue weighted by molar-refractivity contribution is 6.32. The zero-order chi connectivity index (χ0) is 12.4. The van der Waals surface area contributed by atoms with Crippen LogP contribution in [0.5, 0.6) is 11.5 Å². The molecule has 0 saturated carbocycles. The van der Waals surface area contributed by atoms with Crippen LogP contribution in [0.3, 0.4) is 0 Å². The summed E-state index contributed by atoms with van der Waals surface area (Å²) in [6, 6.07) is 2.37. The molecule has 6 heteroatoms. The first kappa shape index (κ1) is 12.0. The molecule has 1 fully saturated rings. The molecule has 92 valence electrons. The van der Waals surface area contributed by atoms with E-state index in [1.165, 1.54) is 6.07 Å². The number of nitrogens with zero attached hydrogens (tertiary/aromatic N) is 1. The quantitative estimate of drug-likeness (QED) is 0.695. The smallest absolute Gasteiger partial charge is 0.257 e. The number of phenolic OH excluding ortho intramolecular Hbond substituents is 2. The van der Waals surface area contributed by atoms with Crippen molar-refractivity contribution in [1.29, 1.82) is 0 Å². The van der Waals surface area contributed by atoms with E-state index < -0.39 is 0 Å². The van der Waals surface area contributed by atoms with Gasteiger partial charge in [0.15, 0.2) is 0 Å². The standard InChI is InChI=1S/C11H13ClN2O3/c12-8-5-7(9(15)6-10(8)16)11(17)14-3-1-13-2-4-14/h5-6,13,15-16H,1-4H2. The van der Waals surface area contributed by atoms with Crippen molar-refractivity contribution in [2.24, 2.45) is 0 Å². The summed E-state index contributed by atoms with van der Waals surface area (Å²) >= 11 is 5.72. The summed E-state index contributed by atoms with van der Waals surface area (Å²) in [6.45, 7) is 2.66. The maximum absolute atomic E-state index is 12.1. The van der Waals surface area contributed by atoms with E-state index in [-0.39, 0.29) is 28.0 Å². The average molecular weight is 257 g/mol. The molecule has 1 aromatic carbocycles. The Hall–Kier alpha value is -1.46. The van der Waals surface area contributed by atoms with Gasteiger partial charge in [0.05, 0.1) is 10.6 Å². The Labute approximate surface area is 104 Å². The van der Waals surface area contributed by atoms with Crippen molar-refractivity contribution in [2.45, 2.75) is 0 Å². The zero-order valence-corrected chi connectivity index (χ0v) is 9.87. The van der Waals surface area contributed by atoms with E-state index in [9.17, 15) is 15.0 Å². The SMILES string of the molecule is O=C(c1cc(Cl)c(O)cc1O)N1CCNCC1. The maximum atomic E-state index is 12.1. The Kier molecular flexibility index (Phi) is 3.40.